The Morgan fingerprint density at radius 1 is 1.11 bits per heavy atom. The number of pyridine rings is 1. The van der Waals surface area contributed by atoms with Crippen molar-refractivity contribution in [3.8, 4) is 11.5 Å². The molecule has 35 heavy (non-hydrogen) atoms. The van der Waals surface area contributed by atoms with E-state index in [1.54, 1.807) is 36.4 Å². The lowest BCUT2D eigenvalue weighted by atomic mass is 10.1. The summed E-state index contributed by atoms with van der Waals surface area (Å²) in [6.45, 7) is -0.0633. The first-order valence-electron chi connectivity index (χ1n) is 10.4. The highest BCUT2D eigenvalue weighted by molar-refractivity contribution is 7.14. The highest BCUT2D eigenvalue weighted by Gasteiger charge is 2.36. The fraction of sp³-hybridized carbons (Fsp3) is 0.125. The molecule has 0 fully saturated rings. The summed E-state index contributed by atoms with van der Waals surface area (Å²) in [6, 6.07) is 10.1. The number of carboxylic acid groups (broad SMARTS) is 1. The Morgan fingerprint density at radius 2 is 1.83 bits per heavy atom. The number of carboxylic acids is 1. The lowest BCUT2D eigenvalue weighted by Gasteiger charge is -2.18. The number of nitrogens with zero attached hydrogens (tertiary/aromatic N) is 3. The molecule has 0 saturated heterocycles. The zero-order valence-corrected chi connectivity index (χ0v) is 19.4. The van der Waals surface area contributed by atoms with Crippen LogP contribution in [0.15, 0.2) is 48.0 Å². The molecule has 0 aliphatic carbocycles. The largest absolute Gasteiger partial charge is 0.497 e. The fourth-order valence-corrected chi connectivity index (χ4v) is 4.65. The van der Waals surface area contributed by atoms with Gasteiger partial charge in [0.05, 0.1) is 49.5 Å². The maximum atomic E-state index is 12.9. The topological polar surface area (TPSA) is 131 Å². The first-order valence-corrected chi connectivity index (χ1v) is 11.2. The minimum atomic E-state index is -1.13. The lowest BCUT2D eigenvalue weighted by molar-refractivity contribution is 0.0638. The third-order valence-electron chi connectivity index (χ3n) is 5.61. The minimum absolute atomic E-state index is 0.0633. The summed E-state index contributed by atoms with van der Waals surface area (Å²) in [5.74, 6) is -0.955. The van der Waals surface area contributed by atoms with Crippen LogP contribution in [-0.2, 0) is 6.54 Å². The van der Waals surface area contributed by atoms with Crippen molar-refractivity contribution in [2.75, 3.05) is 19.5 Å². The Hall–Kier alpha value is -4.51. The number of aromatic carboxylic acids is 1. The molecular weight excluding hydrogens is 472 g/mol. The maximum Gasteiger partial charge on any atom is 0.355 e. The van der Waals surface area contributed by atoms with E-state index in [2.05, 4.69) is 15.3 Å². The second-order valence-electron chi connectivity index (χ2n) is 7.58. The summed E-state index contributed by atoms with van der Waals surface area (Å²) >= 11 is 1.13. The number of thiazole rings is 1. The molecule has 1 aliphatic rings. The number of amides is 2. The van der Waals surface area contributed by atoms with E-state index in [-0.39, 0.29) is 24.1 Å². The molecule has 5 rings (SSSR count). The van der Waals surface area contributed by atoms with E-state index in [1.807, 2.05) is 0 Å². The maximum absolute atomic E-state index is 12.9. The van der Waals surface area contributed by atoms with Gasteiger partial charge in [-0.1, -0.05) is 12.1 Å². The number of nitrogens with one attached hydrogen (secondary N) is 1. The van der Waals surface area contributed by atoms with Gasteiger partial charge < -0.3 is 19.9 Å². The number of fused-ring (bicyclic) bond motifs is 2. The molecule has 2 amide bonds. The number of carbonyl (C=O) groups is 3. The molecule has 0 bridgehead atoms. The molecule has 0 unspecified atom stereocenters. The van der Waals surface area contributed by atoms with E-state index in [4.69, 9.17) is 14.6 Å². The van der Waals surface area contributed by atoms with Crippen molar-refractivity contribution in [2.24, 2.45) is 0 Å². The molecule has 4 aromatic rings. The molecular formula is C24H18N4O6S. The number of hydrogen-bond acceptors (Lipinski definition) is 9. The Morgan fingerprint density at radius 3 is 2.43 bits per heavy atom. The first-order chi connectivity index (χ1) is 16.9. The van der Waals surface area contributed by atoms with Crippen LogP contribution in [0, 0.1) is 0 Å². The van der Waals surface area contributed by atoms with Gasteiger partial charge in [0.1, 0.15) is 11.5 Å². The van der Waals surface area contributed by atoms with Gasteiger partial charge in [-0.2, -0.15) is 0 Å². The summed E-state index contributed by atoms with van der Waals surface area (Å²) in [5.41, 5.74) is 1.60. The van der Waals surface area contributed by atoms with Crippen LogP contribution in [0.4, 0.5) is 10.8 Å². The molecule has 3 heterocycles. The average Bonchev–Trinajstić information content (AvgIpc) is 3.44. The van der Waals surface area contributed by atoms with E-state index in [0.29, 0.717) is 49.9 Å². The van der Waals surface area contributed by atoms with Gasteiger partial charge in [-0.05, 0) is 18.2 Å². The molecule has 1 aliphatic heterocycles. The molecule has 2 N–H and O–H groups in total. The number of aromatic nitrogens is 2. The van der Waals surface area contributed by atoms with E-state index in [1.165, 1.54) is 25.8 Å². The number of ether oxygens (including phenoxy) is 2. The van der Waals surface area contributed by atoms with E-state index >= 15 is 0 Å². The SMILES string of the molecule is COc1cc(OC)c2c(CN3C(=O)c4ccccc4C3=O)ncc(Nc3nc(C(=O)O)cs3)c2c1. The van der Waals surface area contributed by atoms with Crippen molar-refractivity contribution in [3.63, 3.8) is 0 Å². The van der Waals surface area contributed by atoms with Gasteiger partial charge in [0.25, 0.3) is 11.8 Å². The van der Waals surface area contributed by atoms with Gasteiger partial charge >= 0.3 is 5.97 Å². The number of methoxy groups -OCH3 is 2. The molecule has 0 spiro atoms. The van der Waals surface area contributed by atoms with Crippen molar-refractivity contribution >= 4 is 50.7 Å². The van der Waals surface area contributed by atoms with Crippen molar-refractivity contribution in [1.82, 2.24) is 14.9 Å². The van der Waals surface area contributed by atoms with Gasteiger partial charge in [0, 0.05) is 22.2 Å². The third-order valence-corrected chi connectivity index (χ3v) is 6.37. The van der Waals surface area contributed by atoms with Crippen LogP contribution in [0.3, 0.4) is 0 Å². The number of rotatable bonds is 7. The van der Waals surface area contributed by atoms with Crippen LogP contribution in [0.1, 0.15) is 36.9 Å². The van der Waals surface area contributed by atoms with Crippen LogP contribution >= 0.6 is 11.3 Å². The van der Waals surface area contributed by atoms with Gasteiger partial charge in [-0.15, -0.1) is 11.3 Å². The standard InChI is InChI=1S/C24H18N4O6S/c1-33-12-7-15-16(26-24-27-18(11-35-24)23(31)32)9-25-17(20(15)19(8-12)34-2)10-28-21(29)13-5-3-4-6-14(13)22(28)30/h3-9,11H,10H2,1-2H3,(H,26,27)(H,31,32). The van der Waals surface area contributed by atoms with Gasteiger partial charge in [-0.3, -0.25) is 19.5 Å². The van der Waals surface area contributed by atoms with Crippen LogP contribution in [0.25, 0.3) is 10.8 Å². The Balaban J connectivity index is 1.60. The second-order valence-corrected chi connectivity index (χ2v) is 8.44. The van der Waals surface area contributed by atoms with Crippen LogP contribution in [-0.4, -0.2) is 52.0 Å². The zero-order valence-electron chi connectivity index (χ0n) is 18.6. The quantitative estimate of drug-likeness (QED) is 0.370. The number of imide groups is 1. The Labute approximate surface area is 202 Å². The van der Waals surface area contributed by atoms with Crippen LogP contribution in [0.5, 0.6) is 11.5 Å². The summed E-state index contributed by atoms with van der Waals surface area (Å²) < 4.78 is 11.0. The highest BCUT2D eigenvalue weighted by atomic mass is 32.1. The molecule has 10 nitrogen and oxygen atoms in total. The summed E-state index contributed by atoms with van der Waals surface area (Å²) in [7, 11) is 3.02. The molecule has 0 saturated carbocycles. The summed E-state index contributed by atoms with van der Waals surface area (Å²) in [5, 5.41) is 15.3. The smallest absolute Gasteiger partial charge is 0.355 e. The number of benzene rings is 2. The molecule has 11 heteroatoms. The monoisotopic (exact) mass is 490 g/mol. The zero-order chi connectivity index (χ0) is 24.7. The first kappa shape index (κ1) is 22.3. The molecule has 176 valence electrons. The molecule has 0 atom stereocenters. The minimum Gasteiger partial charge on any atom is -0.497 e. The predicted octanol–water partition coefficient (Wildman–Crippen LogP) is 3.95. The fourth-order valence-electron chi connectivity index (χ4n) is 3.95. The highest BCUT2D eigenvalue weighted by Crippen LogP contribution is 2.39. The predicted molar refractivity (Wildman–Crippen MR) is 128 cm³/mol. The lowest BCUT2D eigenvalue weighted by Crippen LogP contribution is -2.29. The third kappa shape index (κ3) is 3.81. The average molecular weight is 490 g/mol. The van der Waals surface area contributed by atoms with Gasteiger partial charge in [0.15, 0.2) is 10.8 Å². The van der Waals surface area contributed by atoms with Crippen molar-refractivity contribution < 1.29 is 29.0 Å². The van der Waals surface area contributed by atoms with Crippen molar-refractivity contribution in [2.45, 2.75) is 6.54 Å². The van der Waals surface area contributed by atoms with Crippen LogP contribution in [0.2, 0.25) is 0 Å². The Bertz CT molecular complexity index is 1480. The molecule has 0 radical (unpaired) electrons. The van der Waals surface area contributed by atoms with Gasteiger partial charge in [0.2, 0.25) is 0 Å². The van der Waals surface area contributed by atoms with E-state index in [0.717, 1.165) is 16.2 Å². The summed E-state index contributed by atoms with van der Waals surface area (Å²) in [6.07, 6.45) is 1.54. The summed E-state index contributed by atoms with van der Waals surface area (Å²) in [4.78, 5) is 46.8. The van der Waals surface area contributed by atoms with Gasteiger partial charge in [-0.25, -0.2) is 9.78 Å². The number of hydrogen-bond donors (Lipinski definition) is 2. The Kier molecular flexibility index (Phi) is 5.53. The normalized spacial score (nSPS) is 12.7. The van der Waals surface area contributed by atoms with Crippen molar-refractivity contribution in [3.05, 3.63) is 70.5 Å². The number of anilines is 2. The number of carbonyl (C=O) groups excluding carboxylic acids is 2. The second kappa shape index (κ2) is 8.69. The van der Waals surface area contributed by atoms with Crippen LogP contribution < -0.4 is 14.8 Å². The molecule has 2 aromatic heterocycles. The van der Waals surface area contributed by atoms with E-state index in [9.17, 15) is 14.4 Å². The van der Waals surface area contributed by atoms with Crippen molar-refractivity contribution in [1.29, 1.82) is 0 Å². The molecule has 2 aromatic carbocycles. The van der Waals surface area contributed by atoms with E-state index < -0.39 is 5.97 Å².